The summed E-state index contributed by atoms with van der Waals surface area (Å²) in [4.78, 5) is 16.6. The first-order valence-electron chi connectivity index (χ1n) is 8.23. The molecule has 0 spiro atoms. The SMILES string of the molecule is CCN(CC)C(=O)C1CCN(c2nnc(-n3cccc3)s2)CC1. The van der Waals surface area contributed by atoms with E-state index in [1.807, 2.05) is 47.8 Å². The second-order valence-electron chi connectivity index (χ2n) is 5.73. The third-order valence-electron chi connectivity index (χ3n) is 4.42. The summed E-state index contributed by atoms with van der Waals surface area (Å²) in [7, 11) is 0. The molecule has 0 saturated carbocycles. The minimum atomic E-state index is 0.156. The van der Waals surface area contributed by atoms with E-state index in [4.69, 9.17) is 0 Å². The van der Waals surface area contributed by atoms with Crippen molar-refractivity contribution in [3.63, 3.8) is 0 Å². The lowest BCUT2D eigenvalue weighted by atomic mass is 9.95. The van der Waals surface area contributed by atoms with Crippen molar-refractivity contribution in [2.24, 2.45) is 5.92 Å². The molecule has 6 nitrogen and oxygen atoms in total. The van der Waals surface area contributed by atoms with Gasteiger partial charge in [-0.15, -0.1) is 10.2 Å². The Morgan fingerprint density at radius 1 is 1.17 bits per heavy atom. The van der Waals surface area contributed by atoms with Crippen LogP contribution in [0.2, 0.25) is 0 Å². The van der Waals surface area contributed by atoms with E-state index in [0.717, 1.165) is 49.3 Å². The van der Waals surface area contributed by atoms with Gasteiger partial charge >= 0.3 is 0 Å². The molecule has 2 aromatic rings. The molecule has 0 aromatic carbocycles. The molecule has 0 unspecified atom stereocenters. The number of carbonyl (C=O) groups is 1. The van der Waals surface area contributed by atoms with E-state index in [-0.39, 0.29) is 5.92 Å². The fourth-order valence-corrected chi connectivity index (χ4v) is 3.88. The van der Waals surface area contributed by atoms with Crippen LogP contribution in [0, 0.1) is 5.92 Å². The number of rotatable bonds is 5. The van der Waals surface area contributed by atoms with E-state index >= 15 is 0 Å². The molecule has 23 heavy (non-hydrogen) atoms. The second-order valence-corrected chi connectivity index (χ2v) is 6.66. The predicted molar refractivity (Wildman–Crippen MR) is 92.1 cm³/mol. The highest BCUT2D eigenvalue weighted by Gasteiger charge is 2.28. The van der Waals surface area contributed by atoms with Crippen molar-refractivity contribution < 1.29 is 4.79 Å². The summed E-state index contributed by atoms with van der Waals surface area (Å²) in [5, 5.41) is 10.4. The topological polar surface area (TPSA) is 54.3 Å². The summed E-state index contributed by atoms with van der Waals surface area (Å²) >= 11 is 1.59. The van der Waals surface area contributed by atoms with Gasteiger partial charge in [0.05, 0.1) is 0 Å². The molecule has 0 bridgehead atoms. The second kappa shape index (κ2) is 7.12. The molecule has 1 aliphatic rings. The monoisotopic (exact) mass is 333 g/mol. The summed E-state index contributed by atoms with van der Waals surface area (Å²) in [6.07, 6.45) is 5.74. The Hall–Kier alpha value is -1.89. The molecule has 7 heteroatoms. The van der Waals surface area contributed by atoms with Crippen LogP contribution >= 0.6 is 11.3 Å². The van der Waals surface area contributed by atoms with Crippen molar-refractivity contribution >= 4 is 22.4 Å². The van der Waals surface area contributed by atoms with Crippen molar-refractivity contribution in [3.8, 4) is 5.13 Å². The largest absolute Gasteiger partial charge is 0.347 e. The Kier molecular flexibility index (Phi) is 4.95. The Morgan fingerprint density at radius 2 is 1.78 bits per heavy atom. The van der Waals surface area contributed by atoms with Crippen LogP contribution < -0.4 is 4.90 Å². The number of nitrogens with zero attached hydrogens (tertiary/aromatic N) is 5. The van der Waals surface area contributed by atoms with Crippen molar-refractivity contribution in [3.05, 3.63) is 24.5 Å². The third-order valence-corrected chi connectivity index (χ3v) is 5.42. The minimum Gasteiger partial charge on any atom is -0.347 e. The van der Waals surface area contributed by atoms with Crippen LogP contribution in [0.4, 0.5) is 5.13 Å². The predicted octanol–water partition coefficient (Wildman–Crippen LogP) is 2.41. The standard InChI is InChI=1S/C16H23N5OS/c1-3-19(4-2)14(22)13-7-11-21(12-8-13)16-18-17-15(23-16)20-9-5-6-10-20/h5-6,9-10,13H,3-4,7-8,11-12H2,1-2H3. The fourth-order valence-electron chi connectivity index (χ4n) is 3.01. The van der Waals surface area contributed by atoms with E-state index in [2.05, 4.69) is 15.1 Å². The highest BCUT2D eigenvalue weighted by atomic mass is 32.1. The Labute approximate surface area is 140 Å². The molecule has 124 valence electrons. The highest BCUT2D eigenvalue weighted by molar-refractivity contribution is 7.17. The van der Waals surface area contributed by atoms with Gasteiger partial charge in [0.2, 0.25) is 16.2 Å². The van der Waals surface area contributed by atoms with E-state index in [1.165, 1.54) is 0 Å². The molecule has 2 aromatic heterocycles. The minimum absolute atomic E-state index is 0.156. The average Bonchev–Trinajstić information content (AvgIpc) is 3.27. The zero-order valence-corrected chi connectivity index (χ0v) is 14.5. The van der Waals surface area contributed by atoms with E-state index in [9.17, 15) is 4.79 Å². The van der Waals surface area contributed by atoms with Crippen LogP contribution in [0.3, 0.4) is 0 Å². The maximum atomic E-state index is 12.4. The quantitative estimate of drug-likeness (QED) is 0.843. The zero-order chi connectivity index (χ0) is 16.2. The third kappa shape index (κ3) is 3.39. The first-order chi connectivity index (χ1) is 11.2. The first kappa shape index (κ1) is 16.0. The molecular weight excluding hydrogens is 310 g/mol. The lowest BCUT2D eigenvalue weighted by molar-refractivity contribution is -0.135. The van der Waals surface area contributed by atoms with E-state index < -0.39 is 0 Å². The van der Waals surface area contributed by atoms with Gasteiger partial charge in [-0.05, 0) is 38.8 Å². The molecule has 0 N–H and O–H groups in total. The molecule has 0 atom stereocenters. The molecule has 1 aliphatic heterocycles. The maximum Gasteiger partial charge on any atom is 0.225 e. The summed E-state index contributed by atoms with van der Waals surface area (Å²) in [6.45, 7) is 7.43. The van der Waals surface area contributed by atoms with Crippen molar-refractivity contribution in [2.45, 2.75) is 26.7 Å². The summed E-state index contributed by atoms with van der Waals surface area (Å²) in [5.41, 5.74) is 0. The lowest BCUT2D eigenvalue weighted by Crippen LogP contribution is -2.42. The molecule has 1 fully saturated rings. The summed E-state index contributed by atoms with van der Waals surface area (Å²) in [5.74, 6) is 0.461. The Bertz CT molecular complexity index is 627. The summed E-state index contributed by atoms with van der Waals surface area (Å²) < 4.78 is 1.97. The molecule has 0 radical (unpaired) electrons. The van der Waals surface area contributed by atoms with Gasteiger partial charge in [-0.1, -0.05) is 11.3 Å². The fraction of sp³-hybridized carbons (Fsp3) is 0.562. The van der Waals surface area contributed by atoms with Gasteiger partial charge in [0, 0.05) is 44.5 Å². The van der Waals surface area contributed by atoms with E-state index in [0.29, 0.717) is 5.91 Å². The van der Waals surface area contributed by atoms with Crippen LogP contribution in [-0.4, -0.2) is 51.8 Å². The smallest absolute Gasteiger partial charge is 0.225 e. The van der Waals surface area contributed by atoms with Gasteiger partial charge in [-0.25, -0.2) is 0 Å². The maximum absolute atomic E-state index is 12.4. The number of anilines is 1. The first-order valence-corrected chi connectivity index (χ1v) is 9.05. The number of hydrogen-bond donors (Lipinski definition) is 0. The van der Waals surface area contributed by atoms with Gasteiger partial charge in [-0.3, -0.25) is 9.36 Å². The Morgan fingerprint density at radius 3 is 2.39 bits per heavy atom. The molecular formula is C16H23N5OS. The van der Waals surface area contributed by atoms with Gasteiger partial charge in [0.15, 0.2) is 0 Å². The van der Waals surface area contributed by atoms with Gasteiger partial charge < -0.3 is 9.80 Å². The van der Waals surface area contributed by atoms with Gasteiger partial charge in [0.1, 0.15) is 0 Å². The number of piperidine rings is 1. The molecule has 1 amide bonds. The van der Waals surface area contributed by atoms with E-state index in [1.54, 1.807) is 11.3 Å². The normalized spacial score (nSPS) is 15.8. The highest BCUT2D eigenvalue weighted by Crippen LogP contribution is 2.28. The van der Waals surface area contributed by atoms with Crippen LogP contribution in [0.1, 0.15) is 26.7 Å². The number of carbonyl (C=O) groups excluding carboxylic acids is 1. The number of aromatic nitrogens is 3. The van der Waals surface area contributed by atoms with Crippen LogP contribution in [-0.2, 0) is 4.79 Å². The molecule has 0 aliphatic carbocycles. The lowest BCUT2D eigenvalue weighted by Gasteiger charge is -2.33. The number of amides is 1. The summed E-state index contributed by atoms with van der Waals surface area (Å²) in [6, 6.07) is 3.96. The van der Waals surface area contributed by atoms with Crippen molar-refractivity contribution in [1.82, 2.24) is 19.7 Å². The Balaban J connectivity index is 1.60. The molecule has 1 saturated heterocycles. The zero-order valence-electron chi connectivity index (χ0n) is 13.7. The molecule has 3 heterocycles. The van der Waals surface area contributed by atoms with Crippen molar-refractivity contribution in [2.75, 3.05) is 31.1 Å². The van der Waals surface area contributed by atoms with Gasteiger partial charge in [-0.2, -0.15) is 0 Å². The molecule has 3 rings (SSSR count). The van der Waals surface area contributed by atoms with Crippen LogP contribution in [0.15, 0.2) is 24.5 Å². The van der Waals surface area contributed by atoms with Crippen molar-refractivity contribution in [1.29, 1.82) is 0 Å². The number of hydrogen-bond acceptors (Lipinski definition) is 5. The average molecular weight is 333 g/mol. The van der Waals surface area contributed by atoms with Crippen LogP contribution in [0.5, 0.6) is 0 Å². The van der Waals surface area contributed by atoms with Crippen LogP contribution in [0.25, 0.3) is 5.13 Å². The van der Waals surface area contributed by atoms with Gasteiger partial charge in [0.25, 0.3) is 0 Å².